The third-order valence-corrected chi connectivity index (χ3v) is 4.11. The van der Waals surface area contributed by atoms with Gasteiger partial charge in [-0.05, 0) is 19.0 Å². The van der Waals surface area contributed by atoms with Gasteiger partial charge in [-0.15, -0.1) is 11.3 Å². The van der Waals surface area contributed by atoms with Crippen molar-refractivity contribution in [3.8, 4) is 0 Å². The van der Waals surface area contributed by atoms with Crippen LogP contribution in [0.3, 0.4) is 0 Å². The average Bonchev–Trinajstić information content (AvgIpc) is 3.02. The van der Waals surface area contributed by atoms with Gasteiger partial charge < -0.3 is 5.32 Å². The maximum Gasteiger partial charge on any atom is 0.114 e. The summed E-state index contributed by atoms with van der Waals surface area (Å²) in [5.41, 5.74) is 2.25. The van der Waals surface area contributed by atoms with Crippen LogP contribution >= 0.6 is 11.3 Å². The molecule has 2 heterocycles. The summed E-state index contributed by atoms with van der Waals surface area (Å²) in [7, 11) is 0. The van der Waals surface area contributed by atoms with Gasteiger partial charge in [0, 0.05) is 28.7 Å². The average molecular weight is 283 g/mol. The molecule has 1 unspecified atom stereocenters. The van der Waals surface area contributed by atoms with E-state index in [-0.39, 0.29) is 6.04 Å². The number of thiazole rings is 1. The lowest BCUT2D eigenvalue weighted by Gasteiger charge is -2.18. The number of nitrogens with one attached hydrogen (secondary N) is 1. The second kappa shape index (κ2) is 6.11. The number of rotatable bonds is 5. The normalized spacial score (nSPS) is 12.7. The number of pyridine rings is 1. The fourth-order valence-electron chi connectivity index (χ4n) is 2.36. The van der Waals surface area contributed by atoms with E-state index in [2.05, 4.69) is 46.5 Å². The molecule has 0 aliphatic heterocycles. The highest BCUT2D eigenvalue weighted by molar-refractivity contribution is 7.09. The van der Waals surface area contributed by atoms with Crippen LogP contribution in [-0.2, 0) is 0 Å². The molecule has 0 aliphatic carbocycles. The zero-order chi connectivity index (χ0) is 13.8. The highest BCUT2D eigenvalue weighted by Gasteiger charge is 2.18. The highest BCUT2D eigenvalue weighted by Crippen LogP contribution is 2.28. The van der Waals surface area contributed by atoms with Crippen LogP contribution in [-0.4, -0.2) is 16.5 Å². The molecular weight excluding hydrogens is 266 g/mol. The van der Waals surface area contributed by atoms with Crippen LogP contribution in [0.5, 0.6) is 0 Å². The molecule has 4 heteroatoms. The van der Waals surface area contributed by atoms with E-state index in [0.29, 0.717) is 0 Å². The Hall–Kier alpha value is -1.78. The molecule has 0 fully saturated rings. The van der Waals surface area contributed by atoms with Crippen LogP contribution < -0.4 is 5.32 Å². The molecule has 0 saturated carbocycles. The van der Waals surface area contributed by atoms with Gasteiger partial charge in [-0.3, -0.25) is 4.98 Å². The largest absolute Gasteiger partial charge is 0.304 e. The molecule has 3 nitrogen and oxygen atoms in total. The molecule has 1 atom stereocenters. The summed E-state index contributed by atoms with van der Waals surface area (Å²) in [5.74, 6) is 0. The summed E-state index contributed by atoms with van der Waals surface area (Å²) >= 11 is 1.68. The predicted molar refractivity (Wildman–Crippen MR) is 84.0 cm³/mol. The topological polar surface area (TPSA) is 37.8 Å². The maximum absolute atomic E-state index is 4.56. The summed E-state index contributed by atoms with van der Waals surface area (Å²) in [5, 5.41) is 7.88. The Morgan fingerprint density at radius 2 is 2.05 bits per heavy atom. The Kier molecular flexibility index (Phi) is 4.04. The smallest absolute Gasteiger partial charge is 0.114 e. The van der Waals surface area contributed by atoms with E-state index in [1.54, 1.807) is 11.3 Å². The van der Waals surface area contributed by atoms with Crippen molar-refractivity contribution < 1.29 is 0 Å². The molecule has 0 bridgehead atoms. The van der Waals surface area contributed by atoms with Gasteiger partial charge in [0.1, 0.15) is 5.01 Å². The van der Waals surface area contributed by atoms with Gasteiger partial charge in [0.15, 0.2) is 0 Å². The molecule has 3 aromatic rings. The fourth-order valence-corrected chi connectivity index (χ4v) is 3.09. The molecule has 0 amide bonds. The zero-order valence-electron chi connectivity index (χ0n) is 11.4. The minimum absolute atomic E-state index is 0.119. The van der Waals surface area contributed by atoms with Gasteiger partial charge in [0.25, 0.3) is 0 Å². The van der Waals surface area contributed by atoms with Crippen LogP contribution in [0.4, 0.5) is 0 Å². The molecule has 0 aliphatic rings. The van der Waals surface area contributed by atoms with Crippen molar-refractivity contribution in [3.63, 3.8) is 0 Å². The van der Waals surface area contributed by atoms with Crippen molar-refractivity contribution in [1.82, 2.24) is 15.3 Å². The first-order valence-corrected chi connectivity index (χ1v) is 7.74. The molecular formula is C16H17N3S. The van der Waals surface area contributed by atoms with Gasteiger partial charge in [-0.25, -0.2) is 4.98 Å². The van der Waals surface area contributed by atoms with Crippen molar-refractivity contribution in [2.24, 2.45) is 0 Å². The molecule has 102 valence electrons. The first kappa shape index (κ1) is 13.2. The van der Waals surface area contributed by atoms with Crippen molar-refractivity contribution in [2.45, 2.75) is 19.4 Å². The van der Waals surface area contributed by atoms with Gasteiger partial charge >= 0.3 is 0 Å². The van der Waals surface area contributed by atoms with E-state index in [1.165, 1.54) is 10.9 Å². The third-order valence-electron chi connectivity index (χ3n) is 3.27. The lowest BCUT2D eigenvalue weighted by molar-refractivity contribution is 0.598. The summed E-state index contributed by atoms with van der Waals surface area (Å²) in [6.07, 6.45) is 4.81. The molecule has 0 saturated heterocycles. The maximum atomic E-state index is 4.56. The monoisotopic (exact) mass is 283 g/mol. The number of aromatic nitrogens is 2. The fraction of sp³-hybridized carbons (Fsp3) is 0.250. The van der Waals surface area contributed by atoms with Crippen LogP contribution in [0, 0.1) is 0 Å². The second-order valence-electron chi connectivity index (χ2n) is 4.68. The molecule has 20 heavy (non-hydrogen) atoms. The minimum atomic E-state index is 0.119. The molecule has 3 rings (SSSR count). The van der Waals surface area contributed by atoms with E-state index in [9.17, 15) is 0 Å². The number of nitrogens with zero attached hydrogens (tertiary/aromatic N) is 2. The Balaban J connectivity index is 2.09. The van der Waals surface area contributed by atoms with Crippen LogP contribution in [0.1, 0.15) is 30.0 Å². The summed E-state index contributed by atoms with van der Waals surface area (Å²) in [4.78, 5) is 9.04. The standard InChI is InChI=1S/C16H17N3S/c1-2-8-17-15(16-19-10-11-20-16)13-7-3-5-12-6-4-9-18-14(12)13/h3-7,9-11,15,17H,2,8H2,1H3. The SMILES string of the molecule is CCCNC(c1nccs1)c1cccc2cccnc12. The Morgan fingerprint density at radius 1 is 1.15 bits per heavy atom. The van der Waals surface area contributed by atoms with Crippen LogP contribution in [0.15, 0.2) is 48.1 Å². The van der Waals surface area contributed by atoms with Crippen molar-refractivity contribution in [3.05, 3.63) is 58.7 Å². The summed E-state index contributed by atoms with van der Waals surface area (Å²) < 4.78 is 0. The van der Waals surface area contributed by atoms with E-state index in [0.717, 1.165) is 23.5 Å². The first-order valence-electron chi connectivity index (χ1n) is 6.86. The number of fused-ring (bicyclic) bond motifs is 1. The number of hydrogen-bond acceptors (Lipinski definition) is 4. The second-order valence-corrected chi connectivity index (χ2v) is 5.61. The van der Waals surface area contributed by atoms with E-state index >= 15 is 0 Å². The van der Waals surface area contributed by atoms with Crippen molar-refractivity contribution in [1.29, 1.82) is 0 Å². The van der Waals surface area contributed by atoms with Crippen molar-refractivity contribution >= 4 is 22.2 Å². The number of hydrogen-bond donors (Lipinski definition) is 1. The Labute approximate surface area is 122 Å². The minimum Gasteiger partial charge on any atom is -0.304 e. The molecule has 1 N–H and O–H groups in total. The third kappa shape index (κ3) is 2.57. The van der Waals surface area contributed by atoms with E-state index in [1.807, 2.05) is 23.8 Å². The van der Waals surface area contributed by atoms with Gasteiger partial charge in [-0.1, -0.05) is 31.2 Å². The van der Waals surface area contributed by atoms with Crippen molar-refractivity contribution in [2.75, 3.05) is 6.54 Å². The Morgan fingerprint density at radius 3 is 2.85 bits per heavy atom. The molecule has 2 aromatic heterocycles. The first-order chi connectivity index (χ1) is 9.90. The highest BCUT2D eigenvalue weighted by atomic mass is 32.1. The van der Waals surface area contributed by atoms with E-state index < -0.39 is 0 Å². The quantitative estimate of drug-likeness (QED) is 0.774. The van der Waals surface area contributed by atoms with Gasteiger partial charge in [0.2, 0.25) is 0 Å². The Bertz CT molecular complexity index is 674. The van der Waals surface area contributed by atoms with Crippen LogP contribution in [0.2, 0.25) is 0 Å². The lowest BCUT2D eigenvalue weighted by atomic mass is 10.0. The van der Waals surface area contributed by atoms with Crippen LogP contribution in [0.25, 0.3) is 10.9 Å². The van der Waals surface area contributed by atoms with Gasteiger partial charge in [0.05, 0.1) is 11.6 Å². The molecule has 1 aromatic carbocycles. The predicted octanol–water partition coefficient (Wildman–Crippen LogP) is 3.78. The number of benzene rings is 1. The zero-order valence-corrected chi connectivity index (χ0v) is 12.2. The summed E-state index contributed by atoms with van der Waals surface area (Å²) in [6, 6.07) is 10.5. The number of para-hydroxylation sites is 1. The molecule has 0 spiro atoms. The van der Waals surface area contributed by atoms with E-state index in [4.69, 9.17) is 0 Å². The van der Waals surface area contributed by atoms with Gasteiger partial charge in [-0.2, -0.15) is 0 Å². The molecule has 0 radical (unpaired) electrons. The summed E-state index contributed by atoms with van der Waals surface area (Å²) in [6.45, 7) is 3.14. The lowest BCUT2D eigenvalue weighted by Crippen LogP contribution is -2.23.